The molecule has 1 aliphatic rings. The molecule has 1 aromatic heterocycles. The Morgan fingerprint density at radius 3 is 2.83 bits per heavy atom. The van der Waals surface area contributed by atoms with Crippen molar-refractivity contribution in [2.24, 2.45) is 0 Å². The molecular weight excluding hydrogens is 393 g/mol. The summed E-state index contributed by atoms with van der Waals surface area (Å²) in [5, 5.41) is 5.09. The van der Waals surface area contributed by atoms with Gasteiger partial charge in [0.2, 0.25) is 0 Å². The lowest BCUT2D eigenvalue weighted by Gasteiger charge is -2.18. The van der Waals surface area contributed by atoms with Crippen molar-refractivity contribution in [1.82, 2.24) is 14.7 Å². The van der Waals surface area contributed by atoms with E-state index in [1.165, 1.54) is 6.07 Å². The van der Waals surface area contributed by atoms with Crippen molar-refractivity contribution in [3.8, 4) is 11.4 Å². The molecular formula is C22H21ClFN3O2. The molecule has 0 saturated heterocycles. The Balaban J connectivity index is 1.67. The second-order valence-corrected chi connectivity index (χ2v) is 7.54. The zero-order chi connectivity index (χ0) is 20.5. The van der Waals surface area contributed by atoms with Crippen molar-refractivity contribution >= 4 is 17.5 Å². The monoisotopic (exact) mass is 413 g/mol. The van der Waals surface area contributed by atoms with E-state index < -0.39 is 0 Å². The molecule has 0 unspecified atom stereocenters. The van der Waals surface area contributed by atoms with E-state index in [-0.39, 0.29) is 11.7 Å². The summed E-state index contributed by atoms with van der Waals surface area (Å²) in [7, 11) is 3.30. The molecule has 0 saturated carbocycles. The molecule has 1 aliphatic carbocycles. The van der Waals surface area contributed by atoms with Crippen LogP contribution in [0.2, 0.25) is 5.02 Å². The van der Waals surface area contributed by atoms with Gasteiger partial charge in [0.1, 0.15) is 17.3 Å². The number of rotatable bonds is 5. The highest BCUT2D eigenvalue weighted by atomic mass is 35.5. The highest BCUT2D eigenvalue weighted by molar-refractivity contribution is 6.30. The lowest BCUT2D eigenvalue weighted by Crippen LogP contribution is -2.27. The maximum Gasteiger partial charge on any atom is 0.274 e. The Morgan fingerprint density at radius 1 is 1.28 bits per heavy atom. The minimum Gasteiger partial charge on any atom is -0.496 e. The number of carbonyl (C=O) groups excluding carboxylic acids is 1. The molecule has 2 aromatic carbocycles. The second-order valence-electron chi connectivity index (χ2n) is 7.11. The Labute approximate surface area is 173 Å². The number of ether oxygens (including phenoxy) is 1. The fourth-order valence-electron chi connectivity index (χ4n) is 3.81. The lowest BCUT2D eigenvalue weighted by molar-refractivity contribution is 0.0777. The number of carbonyl (C=O) groups is 1. The Hall–Kier alpha value is -2.86. The first-order valence-electron chi connectivity index (χ1n) is 9.43. The van der Waals surface area contributed by atoms with Gasteiger partial charge in [0.15, 0.2) is 5.69 Å². The summed E-state index contributed by atoms with van der Waals surface area (Å²) >= 11 is 6.11. The molecule has 29 heavy (non-hydrogen) atoms. The first-order chi connectivity index (χ1) is 14.0. The van der Waals surface area contributed by atoms with Crippen molar-refractivity contribution in [3.63, 3.8) is 0 Å². The van der Waals surface area contributed by atoms with Crippen molar-refractivity contribution in [2.75, 3.05) is 14.2 Å². The molecule has 3 aromatic rings. The van der Waals surface area contributed by atoms with Crippen molar-refractivity contribution < 1.29 is 13.9 Å². The van der Waals surface area contributed by atoms with Crippen LogP contribution in [0.1, 0.15) is 33.7 Å². The number of para-hydroxylation sites is 1. The average molecular weight is 414 g/mol. The fourth-order valence-corrected chi connectivity index (χ4v) is 4.01. The summed E-state index contributed by atoms with van der Waals surface area (Å²) in [5.41, 5.74) is 3.37. The van der Waals surface area contributed by atoms with E-state index in [1.807, 2.05) is 0 Å². The molecule has 1 heterocycles. The number of hydrogen-bond donors (Lipinski definition) is 0. The molecule has 0 N–H and O–H groups in total. The van der Waals surface area contributed by atoms with Gasteiger partial charge in [0.05, 0.1) is 7.11 Å². The van der Waals surface area contributed by atoms with E-state index >= 15 is 0 Å². The van der Waals surface area contributed by atoms with Crippen LogP contribution in [0.5, 0.6) is 5.75 Å². The zero-order valence-corrected chi connectivity index (χ0v) is 17.0. The molecule has 0 aliphatic heterocycles. The van der Waals surface area contributed by atoms with Crippen LogP contribution in [0.15, 0.2) is 42.5 Å². The van der Waals surface area contributed by atoms with E-state index in [0.29, 0.717) is 28.7 Å². The number of amides is 1. The van der Waals surface area contributed by atoms with Crippen molar-refractivity contribution in [3.05, 3.63) is 75.8 Å². The maximum absolute atomic E-state index is 14.3. The molecule has 0 radical (unpaired) electrons. The first-order valence-corrected chi connectivity index (χ1v) is 9.81. The number of fused-ring (bicyclic) bond motifs is 1. The minimum atomic E-state index is -0.360. The molecule has 0 spiro atoms. The van der Waals surface area contributed by atoms with Gasteiger partial charge in [-0.1, -0.05) is 23.7 Å². The third-order valence-corrected chi connectivity index (χ3v) is 5.45. The van der Waals surface area contributed by atoms with Crippen LogP contribution in [-0.4, -0.2) is 34.7 Å². The van der Waals surface area contributed by atoms with Crippen LogP contribution in [0.25, 0.3) is 5.69 Å². The highest BCUT2D eigenvalue weighted by Crippen LogP contribution is 2.30. The number of methoxy groups -OCH3 is 1. The third kappa shape index (κ3) is 3.60. The van der Waals surface area contributed by atoms with Gasteiger partial charge in [-0.2, -0.15) is 5.10 Å². The number of hydrogen-bond acceptors (Lipinski definition) is 3. The summed E-state index contributed by atoms with van der Waals surface area (Å²) in [4.78, 5) is 14.8. The average Bonchev–Trinajstić information content (AvgIpc) is 3.31. The van der Waals surface area contributed by atoms with Gasteiger partial charge in [-0.05, 0) is 49.6 Å². The Bertz CT molecular complexity index is 1080. The van der Waals surface area contributed by atoms with Gasteiger partial charge < -0.3 is 9.64 Å². The zero-order valence-electron chi connectivity index (χ0n) is 16.3. The molecule has 5 nitrogen and oxygen atoms in total. The smallest absolute Gasteiger partial charge is 0.274 e. The molecule has 1 amide bonds. The van der Waals surface area contributed by atoms with Gasteiger partial charge >= 0.3 is 0 Å². The lowest BCUT2D eigenvalue weighted by atomic mass is 10.1. The van der Waals surface area contributed by atoms with Crippen LogP contribution < -0.4 is 4.74 Å². The number of nitrogens with zero attached hydrogens (tertiary/aromatic N) is 3. The van der Waals surface area contributed by atoms with Crippen molar-refractivity contribution in [1.29, 1.82) is 0 Å². The van der Waals surface area contributed by atoms with E-state index in [0.717, 1.165) is 36.1 Å². The summed E-state index contributed by atoms with van der Waals surface area (Å²) < 4.78 is 21.3. The SMILES string of the molecule is COc1ccc(Cl)cc1CN(C)C(=O)c1nn(-c2ccccc2F)c2c1CCC2. The van der Waals surface area contributed by atoms with Gasteiger partial charge in [-0.15, -0.1) is 0 Å². The molecule has 150 valence electrons. The summed E-state index contributed by atoms with van der Waals surface area (Å²) in [6.45, 7) is 0.323. The normalized spacial score (nSPS) is 12.7. The highest BCUT2D eigenvalue weighted by Gasteiger charge is 2.29. The van der Waals surface area contributed by atoms with Crippen molar-refractivity contribution in [2.45, 2.75) is 25.8 Å². The largest absolute Gasteiger partial charge is 0.496 e. The van der Waals surface area contributed by atoms with E-state index in [9.17, 15) is 9.18 Å². The number of benzene rings is 2. The number of halogens is 2. The maximum atomic E-state index is 14.3. The summed E-state index contributed by atoms with van der Waals surface area (Å²) in [6.07, 6.45) is 2.46. The van der Waals surface area contributed by atoms with E-state index in [2.05, 4.69) is 5.10 Å². The van der Waals surface area contributed by atoms with Crippen LogP contribution in [0, 0.1) is 5.82 Å². The van der Waals surface area contributed by atoms with Gasteiger partial charge in [-0.3, -0.25) is 4.79 Å². The first kappa shape index (κ1) is 19.5. The van der Waals surface area contributed by atoms with Crippen LogP contribution in [0.4, 0.5) is 4.39 Å². The van der Waals surface area contributed by atoms with Gasteiger partial charge in [0, 0.05) is 35.4 Å². The predicted octanol–water partition coefficient (Wildman–Crippen LogP) is 4.43. The van der Waals surface area contributed by atoms with Gasteiger partial charge in [0.25, 0.3) is 5.91 Å². The van der Waals surface area contributed by atoms with Crippen LogP contribution in [-0.2, 0) is 19.4 Å². The second kappa shape index (κ2) is 7.87. The summed E-state index contributed by atoms with van der Waals surface area (Å²) in [6, 6.07) is 11.8. The molecule has 0 bridgehead atoms. The van der Waals surface area contributed by atoms with E-state index in [1.54, 1.807) is 60.1 Å². The Morgan fingerprint density at radius 2 is 2.07 bits per heavy atom. The standard InChI is InChI=1S/C22H21ClFN3O2/c1-26(13-14-12-15(23)10-11-20(14)29-2)22(28)21-16-6-5-9-18(16)27(25-21)19-8-4-3-7-17(19)24/h3-4,7-8,10-12H,5-6,9,13H2,1-2H3. The molecule has 0 atom stereocenters. The van der Waals surface area contributed by atoms with Gasteiger partial charge in [-0.25, -0.2) is 9.07 Å². The number of aromatic nitrogens is 2. The molecule has 7 heteroatoms. The topological polar surface area (TPSA) is 47.4 Å². The quantitative estimate of drug-likeness (QED) is 0.621. The van der Waals surface area contributed by atoms with E-state index in [4.69, 9.17) is 16.3 Å². The summed E-state index contributed by atoms with van der Waals surface area (Å²) in [5.74, 6) is 0.0946. The molecule has 4 rings (SSSR count). The minimum absolute atomic E-state index is 0.208. The van der Waals surface area contributed by atoms with Crippen LogP contribution >= 0.6 is 11.6 Å². The Kier molecular flexibility index (Phi) is 5.28. The van der Waals surface area contributed by atoms with Crippen LogP contribution in [0.3, 0.4) is 0 Å². The fraction of sp³-hybridized carbons (Fsp3) is 0.273. The molecule has 0 fully saturated rings. The predicted molar refractivity (Wildman–Crippen MR) is 109 cm³/mol. The third-order valence-electron chi connectivity index (χ3n) is 5.21.